The van der Waals surface area contributed by atoms with Crippen molar-refractivity contribution in [2.45, 2.75) is 18.9 Å². The Kier molecular flexibility index (Phi) is 2.52. The molecule has 2 atom stereocenters. The number of rotatable bonds is 2. The molecule has 0 N–H and O–H groups in total. The second-order valence-electron chi connectivity index (χ2n) is 5.95. The smallest absolute Gasteiger partial charge is 0.171 e. The average Bonchev–Trinajstić information content (AvgIpc) is 2.35. The van der Waals surface area contributed by atoms with Crippen LogP contribution < -0.4 is 4.74 Å². The van der Waals surface area contributed by atoms with Crippen LogP contribution in [-0.2, 0) is 0 Å². The third kappa shape index (κ3) is 1.72. The summed E-state index contributed by atoms with van der Waals surface area (Å²) in [5.41, 5.74) is 0. The van der Waals surface area contributed by atoms with Crippen LogP contribution in [0.3, 0.4) is 0 Å². The minimum absolute atomic E-state index is 0.347. The molecule has 0 amide bonds. The van der Waals surface area contributed by atoms with Crippen molar-refractivity contribution < 1.29 is 4.74 Å². The third-order valence-corrected chi connectivity index (χ3v) is 4.97. The highest BCUT2D eigenvalue weighted by atomic mass is 35.5. The second kappa shape index (κ2) is 4.10. The third-order valence-electron chi connectivity index (χ3n) is 4.69. The van der Waals surface area contributed by atoms with Crippen LogP contribution >= 0.6 is 11.6 Å². The summed E-state index contributed by atoms with van der Waals surface area (Å²) in [5.74, 6) is 3.04. The molecule has 0 aromatic carbocycles. The van der Waals surface area contributed by atoms with Gasteiger partial charge in [0.15, 0.2) is 10.9 Å². The molecule has 96 valence electrons. The lowest BCUT2D eigenvalue weighted by atomic mass is 9.66. The van der Waals surface area contributed by atoms with E-state index in [9.17, 15) is 0 Å². The summed E-state index contributed by atoms with van der Waals surface area (Å²) in [4.78, 5) is 6.70. The Hall–Kier alpha value is -0.800. The number of piperidine rings is 3. The SMILES string of the molecule is Clc1ncccc1OC1[C@H]2CC3C[C@H]1CN(C3)C2. The fourth-order valence-electron chi connectivity index (χ4n) is 4.16. The second-order valence-corrected chi connectivity index (χ2v) is 6.31. The molecule has 1 saturated carbocycles. The van der Waals surface area contributed by atoms with Crippen LogP contribution in [-0.4, -0.2) is 35.6 Å². The topological polar surface area (TPSA) is 25.4 Å². The van der Waals surface area contributed by atoms with Crippen molar-refractivity contribution in [3.05, 3.63) is 23.5 Å². The van der Waals surface area contributed by atoms with E-state index in [1.165, 1.54) is 32.5 Å². The Morgan fingerprint density at radius 3 is 2.67 bits per heavy atom. The van der Waals surface area contributed by atoms with E-state index >= 15 is 0 Å². The zero-order valence-electron chi connectivity index (χ0n) is 10.3. The summed E-state index contributed by atoms with van der Waals surface area (Å²) in [6.07, 6.45) is 4.71. The molecule has 1 aliphatic carbocycles. The number of hydrogen-bond donors (Lipinski definition) is 0. The van der Waals surface area contributed by atoms with Crippen molar-refractivity contribution in [2.24, 2.45) is 17.8 Å². The molecule has 3 nitrogen and oxygen atoms in total. The summed E-state index contributed by atoms with van der Waals surface area (Å²) in [6.45, 7) is 3.72. The molecule has 1 aromatic heterocycles. The van der Waals surface area contributed by atoms with E-state index in [0.29, 0.717) is 23.1 Å². The van der Waals surface area contributed by atoms with Gasteiger partial charge in [0.1, 0.15) is 6.10 Å². The molecule has 3 aliphatic heterocycles. The van der Waals surface area contributed by atoms with Crippen molar-refractivity contribution in [3.8, 4) is 5.75 Å². The van der Waals surface area contributed by atoms with Crippen molar-refractivity contribution in [1.29, 1.82) is 0 Å². The fourth-order valence-corrected chi connectivity index (χ4v) is 4.33. The Morgan fingerprint density at radius 1 is 1.22 bits per heavy atom. The van der Waals surface area contributed by atoms with Gasteiger partial charge in [0, 0.05) is 37.7 Å². The van der Waals surface area contributed by atoms with Crippen molar-refractivity contribution in [1.82, 2.24) is 9.88 Å². The minimum atomic E-state index is 0.347. The maximum absolute atomic E-state index is 6.20. The predicted molar refractivity (Wildman–Crippen MR) is 69.8 cm³/mol. The Bertz CT molecular complexity index is 437. The highest BCUT2D eigenvalue weighted by molar-refractivity contribution is 6.30. The molecule has 4 fully saturated rings. The van der Waals surface area contributed by atoms with Gasteiger partial charge in [-0.1, -0.05) is 11.6 Å². The highest BCUT2D eigenvalue weighted by Crippen LogP contribution is 2.45. The van der Waals surface area contributed by atoms with Crippen LogP contribution in [0.1, 0.15) is 12.8 Å². The van der Waals surface area contributed by atoms with Gasteiger partial charge < -0.3 is 9.64 Å². The normalized spacial score (nSPS) is 41.1. The summed E-state index contributed by atoms with van der Waals surface area (Å²) >= 11 is 6.09. The first kappa shape index (κ1) is 11.1. The molecular formula is C14H17ClN2O. The first-order valence-corrected chi connectivity index (χ1v) is 7.17. The maximum Gasteiger partial charge on any atom is 0.171 e. The number of aromatic nitrogens is 1. The van der Waals surface area contributed by atoms with Gasteiger partial charge in [-0.15, -0.1) is 0 Å². The Labute approximate surface area is 112 Å². The van der Waals surface area contributed by atoms with Crippen molar-refractivity contribution in [3.63, 3.8) is 0 Å². The van der Waals surface area contributed by atoms with E-state index in [2.05, 4.69) is 9.88 Å². The van der Waals surface area contributed by atoms with Crippen LogP contribution in [0.15, 0.2) is 18.3 Å². The highest BCUT2D eigenvalue weighted by Gasteiger charge is 2.48. The minimum Gasteiger partial charge on any atom is -0.487 e. The molecule has 4 heteroatoms. The lowest BCUT2D eigenvalue weighted by Crippen LogP contribution is -2.61. The summed E-state index contributed by atoms with van der Waals surface area (Å²) in [6, 6.07) is 3.82. The summed E-state index contributed by atoms with van der Waals surface area (Å²) in [5, 5.41) is 0.492. The first-order chi connectivity index (χ1) is 8.79. The number of nitrogens with zero attached hydrogens (tertiary/aromatic N) is 2. The summed E-state index contributed by atoms with van der Waals surface area (Å²) < 4.78 is 6.20. The van der Waals surface area contributed by atoms with Gasteiger partial charge in [-0.2, -0.15) is 0 Å². The molecule has 4 bridgehead atoms. The van der Waals surface area contributed by atoms with Gasteiger partial charge in [-0.25, -0.2) is 4.98 Å². The molecule has 5 rings (SSSR count). The van der Waals surface area contributed by atoms with Gasteiger partial charge in [-0.05, 0) is 30.9 Å². The zero-order chi connectivity index (χ0) is 12.1. The van der Waals surface area contributed by atoms with Crippen LogP contribution in [0.2, 0.25) is 5.15 Å². The average molecular weight is 265 g/mol. The Balaban J connectivity index is 1.57. The molecule has 4 aliphatic rings. The quantitative estimate of drug-likeness (QED) is 0.768. The van der Waals surface area contributed by atoms with Crippen LogP contribution in [0.4, 0.5) is 0 Å². The van der Waals surface area contributed by atoms with E-state index < -0.39 is 0 Å². The van der Waals surface area contributed by atoms with Crippen LogP contribution in [0.5, 0.6) is 5.75 Å². The monoisotopic (exact) mass is 264 g/mol. The fraction of sp³-hybridized carbons (Fsp3) is 0.643. The van der Waals surface area contributed by atoms with Gasteiger partial charge in [0.25, 0.3) is 0 Å². The molecule has 18 heavy (non-hydrogen) atoms. The van der Waals surface area contributed by atoms with Crippen molar-refractivity contribution in [2.75, 3.05) is 19.6 Å². The molecule has 0 radical (unpaired) electrons. The lowest BCUT2D eigenvalue weighted by Gasteiger charge is -2.55. The number of hydrogen-bond acceptors (Lipinski definition) is 3. The lowest BCUT2D eigenvalue weighted by molar-refractivity contribution is -0.0985. The molecular weight excluding hydrogens is 248 g/mol. The van der Waals surface area contributed by atoms with E-state index in [4.69, 9.17) is 16.3 Å². The number of ether oxygens (including phenoxy) is 1. The standard InChI is InChI=1S/C14H17ClN2O/c15-14-12(2-1-3-16-14)18-13-10-4-9-5-11(13)8-17(6-9)7-10/h1-3,9-11,13H,4-8H2/t9?,10-,11-,13?/m0/s1. The van der Waals surface area contributed by atoms with E-state index in [1.807, 2.05) is 12.1 Å². The molecule has 3 saturated heterocycles. The summed E-state index contributed by atoms with van der Waals surface area (Å²) in [7, 11) is 0. The molecule has 4 heterocycles. The maximum atomic E-state index is 6.20. The van der Waals surface area contributed by atoms with Gasteiger partial charge in [-0.3, -0.25) is 0 Å². The zero-order valence-corrected chi connectivity index (χ0v) is 11.0. The van der Waals surface area contributed by atoms with Gasteiger partial charge in [0.05, 0.1) is 0 Å². The van der Waals surface area contributed by atoms with Crippen LogP contribution in [0, 0.1) is 17.8 Å². The van der Waals surface area contributed by atoms with E-state index in [0.717, 1.165) is 11.7 Å². The number of pyridine rings is 1. The molecule has 1 aromatic rings. The number of halogens is 1. The molecule has 0 unspecified atom stereocenters. The van der Waals surface area contributed by atoms with Gasteiger partial charge in [0.2, 0.25) is 0 Å². The Morgan fingerprint density at radius 2 is 2.00 bits per heavy atom. The largest absolute Gasteiger partial charge is 0.487 e. The van der Waals surface area contributed by atoms with E-state index in [1.54, 1.807) is 6.20 Å². The first-order valence-electron chi connectivity index (χ1n) is 6.79. The van der Waals surface area contributed by atoms with Gasteiger partial charge >= 0.3 is 0 Å². The molecule has 0 spiro atoms. The van der Waals surface area contributed by atoms with E-state index in [-0.39, 0.29) is 0 Å². The van der Waals surface area contributed by atoms with Crippen molar-refractivity contribution >= 4 is 11.6 Å². The van der Waals surface area contributed by atoms with Crippen LogP contribution in [0.25, 0.3) is 0 Å². The predicted octanol–water partition coefficient (Wildman–Crippen LogP) is 2.45.